The van der Waals surface area contributed by atoms with E-state index in [0.29, 0.717) is 10.6 Å². The smallest absolute Gasteiger partial charge is 0.305 e. The van der Waals surface area contributed by atoms with Gasteiger partial charge in [0.2, 0.25) is 11.8 Å². The third kappa shape index (κ3) is 6.69. The summed E-state index contributed by atoms with van der Waals surface area (Å²) in [5.41, 5.74) is 0.0315. The molecule has 1 rings (SSSR count). The highest BCUT2D eigenvalue weighted by atomic mass is 35.5. The molecule has 126 valence electrons. The maximum absolute atomic E-state index is 12.0. The average Bonchev–Trinajstić information content (AvgIpc) is 2.43. The lowest BCUT2D eigenvalue weighted by Crippen LogP contribution is -2.42. The summed E-state index contributed by atoms with van der Waals surface area (Å²) < 4.78 is 0. The molecule has 0 aromatic heterocycles. The lowest BCUT2D eigenvalue weighted by molar-refractivity contribution is -0.138. The van der Waals surface area contributed by atoms with Gasteiger partial charge in [0.15, 0.2) is 0 Å². The van der Waals surface area contributed by atoms with Gasteiger partial charge >= 0.3 is 5.97 Å². The number of benzene rings is 1. The van der Waals surface area contributed by atoms with E-state index in [0.717, 1.165) is 0 Å². The average molecular weight is 341 g/mol. The van der Waals surface area contributed by atoms with Crippen molar-refractivity contribution < 1.29 is 19.5 Å². The summed E-state index contributed by atoms with van der Waals surface area (Å²) in [6.07, 6.45) is -0.263. The number of hydrogen-bond acceptors (Lipinski definition) is 3. The fourth-order valence-electron chi connectivity index (χ4n) is 1.79. The van der Waals surface area contributed by atoms with Crippen molar-refractivity contribution in [2.45, 2.75) is 33.2 Å². The minimum absolute atomic E-state index is 0.209. The van der Waals surface area contributed by atoms with Crippen LogP contribution in [0.1, 0.15) is 38.8 Å². The second-order valence-corrected chi connectivity index (χ2v) is 6.64. The number of hydrogen-bond donors (Lipinski definition) is 3. The quantitative estimate of drug-likeness (QED) is 0.739. The van der Waals surface area contributed by atoms with Gasteiger partial charge in [-0.25, -0.2) is 0 Å². The van der Waals surface area contributed by atoms with Crippen LogP contribution in [0.25, 0.3) is 0 Å². The number of carboxylic acid groups (broad SMARTS) is 1. The molecular formula is C16H21ClN2O4. The van der Waals surface area contributed by atoms with Gasteiger partial charge in [-0.05, 0) is 17.7 Å². The van der Waals surface area contributed by atoms with Crippen LogP contribution in [-0.4, -0.2) is 29.4 Å². The molecule has 0 bridgehead atoms. The van der Waals surface area contributed by atoms with Gasteiger partial charge in [-0.1, -0.05) is 44.5 Å². The molecule has 23 heavy (non-hydrogen) atoms. The van der Waals surface area contributed by atoms with Crippen molar-refractivity contribution in [2.75, 3.05) is 6.54 Å². The molecule has 0 radical (unpaired) electrons. The van der Waals surface area contributed by atoms with Crippen LogP contribution in [0.15, 0.2) is 24.3 Å². The SMILES string of the molecule is CC(C)(C)C(=O)NCC(=O)N[C@@H](CC(=O)O)c1ccc(Cl)cc1. The summed E-state index contributed by atoms with van der Waals surface area (Å²) in [6, 6.07) is 5.87. The van der Waals surface area contributed by atoms with Gasteiger partial charge in [0.05, 0.1) is 19.0 Å². The second-order valence-electron chi connectivity index (χ2n) is 6.20. The minimum atomic E-state index is -1.04. The zero-order valence-electron chi connectivity index (χ0n) is 13.4. The van der Waals surface area contributed by atoms with E-state index in [1.165, 1.54) is 0 Å². The summed E-state index contributed by atoms with van der Waals surface area (Å²) in [5.74, 6) is -1.75. The largest absolute Gasteiger partial charge is 0.481 e. The summed E-state index contributed by atoms with van der Waals surface area (Å²) in [4.78, 5) is 34.7. The van der Waals surface area contributed by atoms with Crippen molar-refractivity contribution in [3.05, 3.63) is 34.9 Å². The molecule has 0 unspecified atom stereocenters. The Bertz CT molecular complexity index is 579. The Kier molecular flexibility index (Phi) is 6.57. The molecule has 2 amide bonds. The maximum Gasteiger partial charge on any atom is 0.305 e. The normalized spacial score (nSPS) is 12.3. The number of halogens is 1. The fraction of sp³-hybridized carbons (Fsp3) is 0.438. The highest BCUT2D eigenvalue weighted by Crippen LogP contribution is 2.19. The summed E-state index contributed by atoms with van der Waals surface area (Å²) >= 11 is 5.80. The zero-order valence-corrected chi connectivity index (χ0v) is 14.1. The van der Waals surface area contributed by atoms with Crippen LogP contribution in [0.3, 0.4) is 0 Å². The van der Waals surface area contributed by atoms with Crippen molar-refractivity contribution in [1.82, 2.24) is 10.6 Å². The molecule has 0 saturated carbocycles. The summed E-state index contributed by atoms with van der Waals surface area (Å²) in [5, 5.41) is 14.6. The summed E-state index contributed by atoms with van der Waals surface area (Å²) in [6.45, 7) is 5.00. The van der Waals surface area contributed by atoms with Gasteiger partial charge in [-0.3, -0.25) is 14.4 Å². The maximum atomic E-state index is 12.0. The lowest BCUT2D eigenvalue weighted by atomic mass is 9.96. The Hall–Kier alpha value is -2.08. The Balaban J connectivity index is 2.70. The van der Waals surface area contributed by atoms with Crippen LogP contribution in [-0.2, 0) is 14.4 Å². The van der Waals surface area contributed by atoms with E-state index >= 15 is 0 Å². The van der Waals surface area contributed by atoms with E-state index in [-0.39, 0.29) is 18.9 Å². The van der Waals surface area contributed by atoms with Gasteiger partial charge in [0.25, 0.3) is 0 Å². The minimum Gasteiger partial charge on any atom is -0.481 e. The first-order chi connectivity index (χ1) is 10.6. The topological polar surface area (TPSA) is 95.5 Å². The van der Waals surface area contributed by atoms with E-state index in [1.54, 1.807) is 45.0 Å². The molecule has 6 nitrogen and oxygen atoms in total. The Morgan fingerprint density at radius 2 is 1.74 bits per heavy atom. The first-order valence-corrected chi connectivity index (χ1v) is 7.52. The predicted molar refractivity (Wildman–Crippen MR) is 87.1 cm³/mol. The number of aliphatic carboxylic acids is 1. The first-order valence-electron chi connectivity index (χ1n) is 7.14. The van der Waals surface area contributed by atoms with E-state index in [2.05, 4.69) is 10.6 Å². The van der Waals surface area contributed by atoms with Crippen LogP contribution in [0, 0.1) is 5.41 Å². The van der Waals surface area contributed by atoms with Crippen LogP contribution in [0.4, 0.5) is 0 Å². The zero-order chi connectivity index (χ0) is 17.6. The second kappa shape index (κ2) is 7.97. The van der Waals surface area contributed by atoms with Crippen molar-refractivity contribution in [3.63, 3.8) is 0 Å². The Morgan fingerprint density at radius 3 is 2.22 bits per heavy atom. The van der Waals surface area contributed by atoms with E-state index in [4.69, 9.17) is 16.7 Å². The van der Waals surface area contributed by atoms with Crippen LogP contribution >= 0.6 is 11.6 Å². The predicted octanol–water partition coefficient (Wildman–Crippen LogP) is 2.13. The first kappa shape index (κ1) is 19.0. The molecule has 1 aromatic rings. The van der Waals surface area contributed by atoms with Crippen molar-refractivity contribution in [3.8, 4) is 0 Å². The number of nitrogens with one attached hydrogen (secondary N) is 2. The third-order valence-corrected chi connectivity index (χ3v) is 3.33. The molecular weight excluding hydrogens is 320 g/mol. The molecule has 0 aliphatic heterocycles. The van der Waals surface area contributed by atoms with Crippen LogP contribution in [0.5, 0.6) is 0 Å². The highest BCUT2D eigenvalue weighted by molar-refractivity contribution is 6.30. The van der Waals surface area contributed by atoms with Gasteiger partial charge in [0.1, 0.15) is 0 Å². The van der Waals surface area contributed by atoms with Crippen molar-refractivity contribution >= 4 is 29.4 Å². The van der Waals surface area contributed by atoms with Gasteiger partial charge in [-0.2, -0.15) is 0 Å². The van der Waals surface area contributed by atoms with Crippen LogP contribution < -0.4 is 10.6 Å². The Labute approximate surface area is 140 Å². The molecule has 0 fully saturated rings. The molecule has 1 atom stereocenters. The number of amides is 2. The number of carbonyl (C=O) groups is 3. The molecule has 3 N–H and O–H groups in total. The number of rotatable bonds is 6. The Morgan fingerprint density at radius 1 is 1.17 bits per heavy atom. The molecule has 0 aliphatic rings. The number of carboxylic acids is 1. The fourth-order valence-corrected chi connectivity index (χ4v) is 1.92. The standard InChI is InChI=1S/C16H21ClN2O4/c1-16(2,3)15(23)18-9-13(20)19-12(8-14(21)22)10-4-6-11(17)7-5-10/h4-7,12H,8-9H2,1-3H3,(H,18,23)(H,19,20)(H,21,22)/t12-/m0/s1. The number of carbonyl (C=O) groups excluding carboxylic acids is 2. The van der Waals surface area contributed by atoms with Crippen molar-refractivity contribution in [2.24, 2.45) is 5.41 Å². The molecule has 1 aromatic carbocycles. The van der Waals surface area contributed by atoms with E-state index < -0.39 is 23.3 Å². The van der Waals surface area contributed by atoms with E-state index in [1.807, 2.05) is 0 Å². The molecule has 0 saturated heterocycles. The summed E-state index contributed by atoms with van der Waals surface area (Å²) in [7, 11) is 0. The molecule has 0 heterocycles. The molecule has 7 heteroatoms. The van der Waals surface area contributed by atoms with E-state index in [9.17, 15) is 14.4 Å². The lowest BCUT2D eigenvalue weighted by Gasteiger charge is -2.20. The third-order valence-electron chi connectivity index (χ3n) is 3.08. The van der Waals surface area contributed by atoms with Crippen molar-refractivity contribution in [1.29, 1.82) is 0 Å². The monoisotopic (exact) mass is 340 g/mol. The molecule has 0 aliphatic carbocycles. The van der Waals surface area contributed by atoms with Gasteiger partial charge < -0.3 is 15.7 Å². The highest BCUT2D eigenvalue weighted by Gasteiger charge is 2.23. The van der Waals surface area contributed by atoms with Gasteiger partial charge in [-0.15, -0.1) is 0 Å². The molecule has 0 spiro atoms. The van der Waals surface area contributed by atoms with Gasteiger partial charge in [0, 0.05) is 10.4 Å². The van der Waals surface area contributed by atoms with Crippen LogP contribution in [0.2, 0.25) is 5.02 Å².